The van der Waals surface area contributed by atoms with Crippen molar-refractivity contribution in [1.82, 2.24) is 15.6 Å². The molecule has 0 aliphatic carbocycles. The Morgan fingerprint density at radius 1 is 1.44 bits per heavy atom. The summed E-state index contributed by atoms with van der Waals surface area (Å²) >= 11 is 0. The maximum absolute atomic E-state index is 11.6. The fourth-order valence-corrected chi connectivity index (χ4v) is 1.34. The SMILES string of the molecule is CC(O)CNCCNC(=O)c1cc(O)[nH]c(=O)c1. The number of aromatic amines is 1. The molecule has 1 aromatic rings. The van der Waals surface area contributed by atoms with Crippen LogP contribution in [0.4, 0.5) is 0 Å². The van der Waals surface area contributed by atoms with Crippen LogP contribution in [0, 0.1) is 0 Å². The van der Waals surface area contributed by atoms with E-state index in [2.05, 4.69) is 15.6 Å². The topological polar surface area (TPSA) is 114 Å². The van der Waals surface area contributed by atoms with Gasteiger partial charge in [-0.25, -0.2) is 0 Å². The van der Waals surface area contributed by atoms with E-state index in [9.17, 15) is 9.59 Å². The number of aliphatic hydroxyl groups is 1. The monoisotopic (exact) mass is 255 g/mol. The van der Waals surface area contributed by atoms with Gasteiger partial charge >= 0.3 is 0 Å². The third-order valence-electron chi connectivity index (χ3n) is 2.12. The van der Waals surface area contributed by atoms with Gasteiger partial charge in [-0.3, -0.25) is 14.6 Å². The van der Waals surface area contributed by atoms with Crippen LogP contribution in [0.15, 0.2) is 16.9 Å². The lowest BCUT2D eigenvalue weighted by molar-refractivity contribution is 0.0953. The highest BCUT2D eigenvalue weighted by Gasteiger charge is 2.07. The van der Waals surface area contributed by atoms with Gasteiger partial charge in [0.05, 0.1) is 11.7 Å². The van der Waals surface area contributed by atoms with Gasteiger partial charge in [-0.2, -0.15) is 0 Å². The van der Waals surface area contributed by atoms with Gasteiger partial charge in [-0.1, -0.05) is 0 Å². The largest absolute Gasteiger partial charge is 0.494 e. The molecule has 1 amide bonds. The van der Waals surface area contributed by atoms with Gasteiger partial charge in [0.2, 0.25) is 0 Å². The molecule has 0 fully saturated rings. The zero-order chi connectivity index (χ0) is 13.5. The first-order chi connectivity index (χ1) is 8.49. The molecule has 0 saturated carbocycles. The van der Waals surface area contributed by atoms with Crippen molar-refractivity contribution >= 4 is 5.91 Å². The van der Waals surface area contributed by atoms with Gasteiger partial charge in [0.15, 0.2) is 5.88 Å². The van der Waals surface area contributed by atoms with Crippen LogP contribution in [0.2, 0.25) is 0 Å². The van der Waals surface area contributed by atoms with Gasteiger partial charge < -0.3 is 20.8 Å². The smallest absolute Gasteiger partial charge is 0.251 e. The van der Waals surface area contributed by atoms with E-state index < -0.39 is 17.6 Å². The molecule has 100 valence electrons. The second-order valence-corrected chi connectivity index (χ2v) is 3.93. The van der Waals surface area contributed by atoms with Crippen LogP contribution < -0.4 is 16.2 Å². The highest BCUT2D eigenvalue weighted by Crippen LogP contribution is 2.03. The molecule has 0 radical (unpaired) electrons. The van der Waals surface area contributed by atoms with E-state index in [1.807, 2.05) is 0 Å². The number of amides is 1. The Kier molecular flexibility index (Phi) is 5.34. The minimum atomic E-state index is -0.535. The molecule has 7 nitrogen and oxygen atoms in total. The Morgan fingerprint density at radius 2 is 2.17 bits per heavy atom. The van der Waals surface area contributed by atoms with Gasteiger partial charge in [0.25, 0.3) is 11.5 Å². The lowest BCUT2D eigenvalue weighted by Crippen LogP contribution is -2.34. The fraction of sp³-hybridized carbons (Fsp3) is 0.455. The Hall–Kier alpha value is -1.86. The number of rotatable bonds is 6. The van der Waals surface area contributed by atoms with E-state index in [4.69, 9.17) is 10.2 Å². The van der Waals surface area contributed by atoms with Crippen molar-refractivity contribution in [1.29, 1.82) is 0 Å². The summed E-state index contributed by atoms with van der Waals surface area (Å²) in [4.78, 5) is 24.8. The quantitative estimate of drug-likeness (QED) is 0.409. The summed E-state index contributed by atoms with van der Waals surface area (Å²) in [7, 11) is 0. The Bertz CT molecular complexity index is 456. The molecule has 0 aromatic carbocycles. The van der Waals surface area contributed by atoms with Crippen LogP contribution >= 0.6 is 0 Å². The number of aromatic hydroxyl groups is 1. The maximum Gasteiger partial charge on any atom is 0.251 e. The second-order valence-electron chi connectivity index (χ2n) is 3.93. The molecule has 18 heavy (non-hydrogen) atoms. The van der Waals surface area contributed by atoms with E-state index >= 15 is 0 Å². The number of carbonyl (C=O) groups is 1. The molecular weight excluding hydrogens is 238 g/mol. The van der Waals surface area contributed by atoms with Crippen molar-refractivity contribution in [3.8, 4) is 5.88 Å². The zero-order valence-corrected chi connectivity index (χ0v) is 10.1. The number of carbonyl (C=O) groups excluding carboxylic acids is 1. The summed E-state index contributed by atoms with van der Waals surface area (Å²) in [5.74, 6) is -0.782. The molecule has 7 heteroatoms. The highest BCUT2D eigenvalue weighted by molar-refractivity contribution is 5.94. The molecule has 0 aliphatic heterocycles. The van der Waals surface area contributed by atoms with E-state index in [1.165, 1.54) is 6.07 Å². The summed E-state index contributed by atoms with van der Waals surface area (Å²) < 4.78 is 0. The standard InChI is InChI=1S/C11H17N3O4/c1-7(15)6-12-2-3-13-11(18)8-4-9(16)14-10(17)5-8/h4-5,7,12,15H,2-3,6H2,1H3,(H,13,18)(H2,14,16,17). The van der Waals surface area contributed by atoms with Crippen molar-refractivity contribution in [3.63, 3.8) is 0 Å². The molecule has 1 atom stereocenters. The number of aromatic nitrogens is 1. The number of pyridine rings is 1. The minimum Gasteiger partial charge on any atom is -0.494 e. The lowest BCUT2D eigenvalue weighted by Gasteiger charge is -2.08. The molecule has 1 rings (SSSR count). The summed E-state index contributed by atoms with van der Waals surface area (Å²) in [6, 6.07) is 2.29. The fourth-order valence-electron chi connectivity index (χ4n) is 1.34. The van der Waals surface area contributed by atoms with Crippen LogP contribution in [-0.2, 0) is 0 Å². The molecule has 0 saturated heterocycles. The summed E-state index contributed by atoms with van der Waals surface area (Å²) in [5.41, 5.74) is -0.431. The van der Waals surface area contributed by atoms with E-state index in [0.29, 0.717) is 19.6 Å². The van der Waals surface area contributed by atoms with Crippen LogP contribution in [0.5, 0.6) is 5.88 Å². The molecule has 1 heterocycles. The first kappa shape index (κ1) is 14.2. The predicted molar refractivity (Wildman–Crippen MR) is 65.6 cm³/mol. The van der Waals surface area contributed by atoms with Crippen molar-refractivity contribution in [3.05, 3.63) is 28.0 Å². The van der Waals surface area contributed by atoms with Crippen molar-refractivity contribution in [2.75, 3.05) is 19.6 Å². The lowest BCUT2D eigenvalue weighted by atomic mass is 10.2. The summed E-state index contributed by atoms with van der Waals surface area (Å²) in [6.45, 7) is 2.97. The zero-order valence-electron chi connectivity index (χ0n) is 10.1. The molecule has 0 spiro atoms. The van der Waals surface area contributed by atoms with Crippen LogP contribution in [-0.4, -0.2) is 46.8 Å². The predicted octanol–water partition coefficient (Wildman–Crippen LogP) is -1.22. The van der Waals surface area contributed by atoms with Gasteiger partial charge in [0, 0.05) is 31.8 Å². The Balaban J connectivity index is 2.39. The third-order valence-corrected chi connectivity index (χ3v) is 2.12. The average Bonchev–Trinajstić information content (AvgIpc) is 2.26. The van der Waals surface area contributed by atoms with Crippen LogP contribution in [0.3, 0.4) is 0 Å². The highest BCUT2D eigenvalue weighted by atomic mass is 16.3. The number of nitrogens with one attached hydrogen (secondary N) is 3. The van der Waals surface area contributed by atoms with Crippen LogP contribution in [0.25, 0.3) is 0 Å². The second kappa shape index (κ2) is 6.77. The van der Waals surface area contributed by atoms with E-state index in [0.717, 1.165) is 6.07 Å². The van der Waals surface area contributed by atoms with Crippen LogP contribution in [0.1, 0.15) is 17.3 Å². The van der Waals surface area contributed by atoms with E-state index in [-0.39, 0.29) is 11.4 Å². The normalized spacial score (nSPS) is 12.1. The van der Waals surface area contributed by atoms with Crippen molar-refractivity contribution < 1.29 is 15.0 Å². The molecule has 0 aliphatic rings. The number of aliphatic hydroxyl groups excluding tert-OH is 1. The number of hydrogen-bond donors (Lipinski definition) is 5. The molecule has 1 aromatic heterocycles. The molecular formula is C11H17N3O4. The maximum atomic E-state index is 11.6. The Morgan fingerprint density at radius 3 is 2.78 bits per heavy atom. The van der Waals surface area contributed by atoms with Gasteiger partial charge in [-0.05, 0) is 6.92 Å². The molecule has 0 bridgehead atoms. The number of hydrogen-bond acceptors (Lipinski definition) is 5. The Labute approximate surface area is 104 Å². The first-order valence-corrected chi connectivity index (χ1v) is 5.59. The van der Waals surface area contributed by atoms with Gasteiger partial charge in [0.1, 0.15) is 0 Å². The van der Waals surface area contributed by atoms with Crippen molar-refractivity contribution in [2.24, 2.45) is 0 Å². The third kappa shape index (κ3) is 4.98. The minimum absolute atomic E-state index is 0.103. The molecule has 5 N–H and O–H groups in total. The molecule has 1 unspecified atom stereocenters. The summed E-state index contributed by atoms with van der Waals surface area (Å²) in [5, 5.41) is 23.6. The summed E-state index contributed by atoms with van der Waals surface area (Å²) in [6.07, 6.45) is -0.440. The average molecular weight is 255 g/mol. The first-order valence-electron chi connectivity index (χ1n) is 5.59. The number of H-pyrrole nitrogens is 1. The van der Waals surface area contributed by atoms with Crippen molar-refractivity contribution in [2.45, 2.75) is 13.0 Å². The van der Waals surface area contributed by atoms with E-state index in [1.54, 1.807) is 6.92 Å². The van der Waals surface area contributed by atoms with Gasteiger partial charge in [-0.15, -0.1) is 0 Å².